The van der Waals surface area contributed by atoms with Gasteiger partial charge < -0.3 is 5.73 Å². The van der Waals surface area contributed by atoms with Gasteiger partial charge in [-0.15, -0.1) is 0 Å². The zero-order valence-corrected chi connectivity index (χ0v) is 5.84. The van der Waals surface area contributed by atoms with E-state index in [0.717, 1.165) is 0 Å². The Morgan fingerprint density at radius 3 is 1.60 bits per heavy atom. The van der Waals surface area contributed by atoms with E-state index < -0.39 is 17.8 Å². The molecule has 0 aromatic carbocycles. The number of carbonyl (C=O) groups excluding carboxylic acids is 2. The number of amides is 2. The predicted molar refractivity (Wildman–Crippen MR) is 35.1 cm³/mol. The van der Waals surface area contributed by atoms with Gasteiger partial charge in [0, 0.05) is 13.8 Å². The van der Waals surface area contributed by atoms with Crippen LogP contribution >= 0.6 is 0 Å². The largest absolute Gasteiger partial charge is 0.369 e. The van der Waals surface area contributed by atoms with E-state index in [9.17, 15) is 9.59 Å². The molecule has 0 radical (unpaired) electrons. The van der Waals surface area contributed by atoms with Crippen LogP contribution in [-0.4, -0.2) is 22.7 Å². The second-order valence-electron chi connectivity index (χ2n) is 1.76. The minimum Gasteiger partial charge on any atom is -0.369 e. The van der Waals surface area contributed by atoms with E-state index in [1.54, 1.807) is 0 Å². The zero-order chi connectivity index (χ0) is 8.31. The number of nitrogens with one attached hydrogen (secondary N) is 1. The molecule has 0 rings (SSSR count). The second-order valence-corrected chi connectivity index (χ2v) is 1.76. The predicted octanol–water partition coefficient (Wildman–Crippen LogP) is -0.725. The van der Waals surface area contributed by atoms with Crippen molar-refractivity contribution in [2.24, 2.45) is 5.73 Å². The average Bonchev–Trinajstić information content (AvgIpc) is 1.59. The number of nitrogens with two attached hydrogens (primary N) is 1. The van der Waals surface area contributed by atoms with E-state index in [1.165, 1.54) is 13.8 Å². The molecule has 0 saturated heterocycles. The van der Waals surface area contributed by atoms with Gasteiger partial charge in [0.1, 0.15) is 0 Å². The fraction of sp³-hybridized carbons (Fsp3) is 0.400. The van der Waals surface area contributed by atoms with Crippen LogP contribution in [0.15, 0.2) is 0 Å². The van der Waals surface area contributed by atoms with Crippen LogP contribution in [0.5, 0.6) is 0 Å². The van der Waals surface area contributed by atoms with Crippen LogP contribution in [0, 0.1) is 5.41 Å². The molecule has 56 valence electrons. The first-order valence-electron chi connectivity index (χ1n) is 2.62. The molecule has 0 aliphatic carbocycles. The molecule has 0 bridgehead atoms. The first kappa shape index (κ1) is 8.61. The lowest BCUT2D eigenvalue weighted by Gasteiger charge is -2.12. The minimum atomic E-state index is -0.542. The molecule has 5 heteroatoms. The summed E-state index contributed by atoms with van der Waals surface area (Å²) >= 11 is 0. The normalized spacial score (nSPS) is 8.60. The zero-order valence-electron chi connectivity index (χ0n) is 5.84. The fourth-order valence-corrected chi connectivity index (χ4v) is 0.561. The summed E-state index contributed by atoms with van der Waals surface area (Å²) in [6.07, 6.45) is 0. The Morgan fingerprint density at radius 1 is 1.30 bits per heavy atom. The summed E-state index contributed by atoms with van der Waals surface area (Å²) in [7, 11) is 0. The molecule has 2 amide bonds. The maximum atomic E-state index is 10.5. The lowest BCUT2D eigenvalue weighted by Crippen LogP contribution is -2.42. The van der Waals surface area contributed by atoms with E-state index in [0.29, 0.717) is 4.90 Å². The summed E-state index contributed by atoms with van der Waals surface area (Å²) in [5.41, 5.74) is 4.91. The first-order chi connectivity index (χ1) is 4.46. The Hall–Kier alpha value is -1.39. The summed E-state index contributed by atoms with van der Waals surface area (Å²) < 4.78 is 0. The van der Waals surface area contributed by atoms with Gasteiger partial charge in [0.05, 0.1) is 0 Å². The van der Waals surface area contributed by atoms with Gasteiger partial charge in [0.2, 0.25) is 17.8 Å². The number of hydrogen-bond donors (Lipinski definition) is 2. The third-order valence-corrected chi connectivity index (χ3v) is 0.871. The number of carbonyl (C=O) groups is 2. The molecule has 0 atom stereocenters. The van der Waals surface area contributed by atoms with Crippen LogP contribution in [0.2, 0.25) is 0 Å². The van der Waals surface area contributed by atoms with Crippen molar-refractivity contribution < 1.29 is 9.59 Å². The molecular formula is C5H9N3O2. The maximum Gasteiger partial charge on any atom is 0.232 e. The highest BCUT2D eigenvalue weighted by molar-refractivity contribution is 6.08. The summed E-state index contributed by atoms with van der Waals surface area (Å²) in [5, 5.41) is 6.77. The SMILES string of the molecule is CC(=O)N(C(=N)N)C(C)=O. The molecule has 3 N–H and O–H groups in total. The number of imide groups is 1. The summed E-state index contributed by atoms with van der Waals surface area (Å²) in [6.45, 7) is 2.34. The number of nitrogens with zero attached hydrogens (tertiary/aromatic N) is 1. The van der Waals surface area contributed by atoms with Gasteiger partial charge in [-0.1, -0.05) is 0 Å². The summed E-state index contributed by atoms with van der Waals surface area (Å²) in [4.78, 5) is 21.6. The lowest BCUT2D eigenvalue weighted by molar-refractivity contribution is -0.137. The Balaban J connectivity index is 4.43. The molecule has 0 aromatic rings. The van der Waals surface area contributed by atoms with Crippen molar-refractivity contribution in [1.82, 2.24) is 4.90 Å². The Bertz CT molecular complexity index is 154. The molecule has 0 spiro atoms. The van der Waals surface area contributed by atoms with Crippen LogP contribution in [0.25, 0.3) is 0 Å². The third kappa shape index (κ3) is 1.85. The van der Waals surface area contributed by atoms with Crippen molar-refractivity contribution in [2.45, 2.75) is 13.8 Å². The molecule has 0 fully saturated rings. The van der Waals surface area contributed by atoms with Crippen LogP contribution in [0.1, 0.15) is 13.8 Å². The van der Waals surface area contributed by atoms with Crippen molar-refractivity contribution in [3.8, 4) is 0 Å². The highest BCUT2D eigenvalue weighted by Crippen LogP contribution is 1.87. The van der Waals surface area contributed by atoms with E-state index >= 15 is 0 Å². The van der Waals surface area contributed by atoms with Crippen molar-refractivity contribution in [3.63, 3.8) is 0 Å². The van der Waals surface area contributed by atoms with Crippen molar-refractivity contribution >= 4 is 17.8 Å². The third-order valence-electron chi connectivity index (χ3n) is 0.871. The van der Waals surface area contributed by atoms with Crippen LogP contribution in [0.4, 0.5) is 0 Å². The Morgan fingerprint density at radius 2 is 1.60 bits per heavy atom. The summed E-state index contributed by atoms with van der Waals surface area (Å²) in [5.74, 6) is -1.62. The molecule has 0 unspecified atom stereocenters. The van der Waals surface area contributed by atoms with Crippen molar-refractivity contribution in [1.29, 1.82) is 5.41 Å². The van der Waals surface area contributed by atoms with Gasteiger partial charge in [0.15, 0.2) is 0 Å². The first-order valence-corrected chi connectivity index (χ1v) is 2.62. The lowest BCUT2D eigenvalue weighted by atomic mass is 10.5. The Kier molecular flexibility index (Phi) is 2.54. The van der Waals surface area contributed by atoms with Crippen molar-refractivity contribution in [2.75, 3.05) is 0 Å². The van der Waals surface area contributed by atoms with Crippen LogP contribution in [0.3, 0.4) is 0 Å². The second kappa shape index (κ2) is 2.95. The quantitative estimate of drug-likeness (QED) is 0.346. The van der Waals surface area contributed by atoms with E-state index in [2.05, 4.69) is 0 Å². The van der Waals surface area contributed by atoms with Gasteiger partial charge in [-0.3, -0.25) is 15.0 Å². The molecule has 0 saturated carbocycles. The fourth-order valence-electron chi connectivity index (χ4n) is 0.561. The molecule has 0 heterocycles. The smallest absolute Gasteiger partial charge is 0.232 e. The average molecular weight is 143 g/mol. The van der Waals surface area contributed by atoms with Gasteiger partial charge in [-0.2, -0.15) is 0 Å². The monoisotopic (exact) mass is 143 g/mol. The topological polar surface area (TPSA) is 87.2 Å². The van der Waals surface area contributed by atoms with Gasteiger partial charge in [-0.05, 0) is 0 Å². The van der Waals surface area contributed by atoms with E-state index in [1.807, 2.05) is 0 Å². The molecule has 0 aliphatic rings. The number of rotatable bonds is 0. The van der Waals surface area contributed by atoms with E-state index in [4.69, 9.17) is 11.1 Å². The Labute approximate surface area is 58.3 Å². The minimum absolute atomic E-state index is 0.542. The number of guanidine groups is 1. The molecule has 5 nitrogen and oxygen atoms in total. The molecule has 0 aliphatic heterocycles. The summed E-state index contributed by atoms with van der Waals surface area (Å²) in [6, 6.07) is 0. The van der Waals surface area contributed by atoms with Gasteiger partial charge in [0.25, 0.3) is 0 Å². The van der Waals surface area contributed by atoms with Crippen LogP contribution < -0.4 is 5.73 Å². The van der Waals surface area contributed by atoms with E-state index in [-0.39, 0.29) is 0 Å². The molecule has 0 aromatic heterocycles. The van der Waals surface area contributed by atoms with Gasteiger partial charge in [-0.25, -0.2) is 4.90 Å². The highest BCUT2D eigenvalue weighted by Gasteiger charge is 2.15. The molecule has 10 heavy (non-hydrogen) atoms. The van der Waals surface area contributed by atoms with Gasteiger partial charge >= 0.3 is 0 Å². The molecular weight excluding hydrogens is 134 g/mol. The maximum absolute atomic E-state index is 10.5. The number of hydrogen-bond acceptors (Lipinski definition) is 3. The van der Waals surface area contributed by atoms with Crippen LogP contribution in [-0.2, 0) is 9.59 Å². The standard InChI is InChI=1S/C5H9N3O2/c1-3(9)8(4(2)10)5(6)7/h1-2H3,(H3,6,7). The van der Waals surface area contributed by atoms with Crippen molar-refractivity contribution in [3.05, 3.63) is 0 Å². The highest BCUT2D eigenvalue weighted by atomic mass is 16.2.